The number of halogens is 3. The lowest BCUT2D eigenvalue weighted by atomic mass is 10.2. The maximum absolute atomic E-state index is 12.7. The fourth-order valence-electron chi connectivity index (χ4n) is 1.74. The molecule has 9 heteroatoms. The Morgan fingerprint density at radius 3 is 2.65 bits per heavy atom. The molecule has 2 aromatic rings. The minimum Gasteiger partial charge on any atom is -0.297 e. The first kappa shape index (κ1) is 14.0. The maximum atomic E-state index is 12.7. The number of rotatable bonds is 3. The van der Waals surface area contributed by atoms with Gasteiger partial charge in [0.2, 0.25) is 0 Å². The van der Waals surface area contributed by atoms with Crippen LogP contribution in [0.5, 0.6) is 0 Å². The van der Waals surface area contributed by atoms with Crippen LogP contribution >= 0.6 is 0 Å². The van der Waals surface area contributed by atoms with E-state index in [0.717, 1.165) is 0 Å². The molecule has 0 radical (unpaired) electrons. The van der Waals surface area contributed by atoms with Gasteiger partial charge >= 0.3 is 11.9 Å². The van der Waals surface area contributed by atoms with Gasteiger partial charge in [-0.25, -0.2) is 9.97 Å². The normalized spacial score (nSPS) is 11.6. The van der Waals surface area contributed by atoms with Gasteiger partial charge in [-0.1, -0.05) is 6.92 Å². The number of nitrogens with zero attached hydrogens (tertiary/aromatic N) is 4. The van der Waals surface area contributed by atoms with E-state index in [0.29, 0.717) is 24.5 Å². The zero-order chi connectivity index (χ0) is 14.9. The van der Waals surface area contributed by atoms with Crippen LogP contribution in [-0.4, -0.2) is 19.5 Å². The third-order valence-electron chi connectivity index (χ3n) is 2.64. The Bertz CT molecular complexity index is 651. The van der Waals surface area contributed by atoms with Gasteiger partial charge < -0.3 is 0 Å². The minimum atomic E-state index is -4.67. The highest BCUT2D eigenvalue weighted by Crippen LogP contribution is 2.32. The van der Waals surface area contributed by atoms with Crippen molar-refractivity contribution in [2.75, 3.05) is 0 Å². The molecule has 0 aromatic carbocycles. The van der Waals surface area contributed by atoms with Crippen molar-refractivity contribution in [1.29, 1.82) is 0 Å². The fourth-order valence-corrected chi connectivity index (χ4v) is 1.74. The Balaban J connectivity index is 2.68. The van der Waals surface area contributed by atoms with Gasteiger partial charge in [0.05, 0.1) is 4.92 Å². The van der Waals surface area contributed by atoms with Gasteiger partial charge in [-0.05, 0) is 0 Å². The molecule has 0 aliphatic heterocycles. The molecule has 0 bridgehead atoms. The van der Waals surface area contributed by atoms with Crippen molar-refractivity contribution in [3.63, 3.8) is 0 Å². The first-order valence-corrected chi connectivity index (χ1v) is 5.58. The van der Waals surface area contributed by atoms with Crippen molar-refractivity contribution in [2.45, 2.75) is 19.5 Å². The summed E-state index contributed by atoms with van der Waals surface area (Å²) in [6.07, 6.45) is -0.889. The average Bonchev–Trinajstić information content (AvgIpc) is 2.84. The largest absolute Gasteiger partial charge is 0.433 e. The van der Waals surface area contributed by atoms with Crippen molar-refractivity contribution in [3.8, 4) is 5.69 Å². The molecule has 0 amide bonds. The third-order valence-corrected chi connectivity index (χ3v) is 2.64. The molecule has 0 spiro atoms. The van der Waals surface area contributed by atoms with E-state index in [9.17, 15) is 23.3 Å². The summed E-state index contributed by atoms with van der Waals surface area (Å²) < 4.78 is 39.3. The van der Waals surface area contributed by atoms with Crippen LogP contribution < -0.4 is 0 Å². The van der Waals surface area contributed by atoms with E-state index >= 15 is 0 Å². The van der Waals surface area contributed by atoms with Crippen LogP contribution in [0.2, 0.25) is 0 Å². The van der Waals surface area contributed by atoms with Crippen molar-refractivity contribution < 1.29 is 18.1 Å². The summed E-state index contributed by atoms with van der Waals surface area (Å²) in [6, 6.07) is 0.652. The summed E-state index contributed by atoms with van der Waals surface area (Å²) in [4.78, 5) is 17.2. The molecular formula is C11H9F3N4O2. The lowest BCUT2D eigenvalue weighted by Gasteiger charge is -2.10. The Labute approximate surface area is 111 Å². The SMILES string of the molecule is CCc1nccn1-c1cc(C(F)(F)F)ncc1[N+](=O)[O-]. The Kier molecular flexibility index (Phi) is 3.43. The maximum Gasteiger partial charge on any atom is 0.433 e. The highest BCUT2D eigenvalue weighted by atomic mass is 19.4. The van der Waals surface area contributed by atoms with Crippen molar-refractivity contribution in [2.24, 2.45) is 0 Å². The Hall–Kier alpha value is -2.45. The van der Waals surface area contributed by atoms with Crippen molar-refractivity contribution in [3.05, 3.63) is 46.3 Å². The Morgan fingerprint density at radius 2 is 2.10 bits per heavy atom. The highest BCUT2D eigenvalue weighted by Gasteiger charge is 2.34. The summed E-state index contributed by atoms with van der Waals surface area (Å²) in [5.41, 5.74) is -1.90. The van der Waals surface area contributed by atoms with Gasteiger partial charge in [0.25, 0.3) is 0 Å². The molecule has 0 atom stereocenters. The van der Waals surface area contributed by atoms with E-state index in [1.165, 1.54) is 17.0 Å². The molecule has 2 rings (SSSR count). The number of alkyl halides is 3. The van der Waals surface area contributed by atoms with E-state index in [4.69, 9.17) is 0 Å². The van der Waals surface area contributed by atoms with Gasteiger partial charge in [-0.3, -0.25) is 14.7 Å². The van der Waals surface area contributed by atoms with Gasteiger partial charge in [-0.2, -0.15) is 13.2 Å². The molecule has 0 N–H and O–H groups in total. The van der Waals surface area contributed by atoms with Crippen LogP contribution in [0.1, 0.15) is 18.4 Å². The van der Waals surface area contributed by atoms with Gasteiger partial charge in [0, 0.05) is 24.9 Å². The lowest BCUT2D eigenvalue weighted by Crippen LogP contribution is -2.11. The fraction of sp³-hybridized carbons (Fsp3) is 0.273. The molecule has 0 saturated heterocycles. The van der Waals surface area contributed by atoms with Crippen molar-refractivity contribution in [1.82, 2.24) is 14.5 Å². The molecule has 0 fully saturated rings. The second-order valence-electron chi connectivity index (χ2n) is 3.88. The molecule has 106 valence electrons. The van der Waals surface area contributed by atoms with E-state index in [-0.39, 0.29) is 5.69 Å². The number of pyridine rings is 1. The zero-order valence-corrected chi connectivity index (χ0v) is 10.3. The molecule has 6 nitrogen and oxygen atoms in total. The van der Waals surface area contributed by atoms with Crippen LogP contribution in [0.25, 0.3) is 5.69 Å². The standard InChI is InChI=1S/C11H9F3N4O2/c1-2-10-15-3-4-17(10)7-5-9(11(12,13)14)16-6-8(7)18(19)20/h3-6H,2H2,1H3. The molecule has 0 saturated carbocycles. The smallest absolute Gasteiger partial charge is 0.297 e. The molecule has 2 heterocycles. The minimum absolute atomic E-state index is 0.202. The molecule has 0 aliphatic rings. The number of aryl methyl sites for hydroxylation is 1. The summed E-state index contributed by atoms with van der Waals surface area (Å²) in [6.45, 7) is 1.75. The monoisotopic (exact) mass is 286 g/mol. The quantitative estimate of drug-likeness (QED) is 0.642. The van der Waals surface area contributed by atoms with Crippen LogP contribution in [0.15, 0.2) is 24.7 Å². The van der Waals surface area contributed by atoms with Gasteiger partial charge in [0.15, 0.2) is 0 Å². The van der Waals surface area contributed by atoms with Gasteiger partial charge in [-0.15, -0.1) is 0 Å². The molecule has 0 unspecified atom stereocenters. The third kappa shape index (κ3) is 2.46. The first-order valence-electron chi connectivity index (χ1n) is 5.58. The number of nitro groups is 1. The highest BCUT2D eigenvalue weighted by molar-refractivity contribution is 5.52. The first-order chi connectivity index (χ1) is 9.34. The van der Waals surface area contributed by atoms with Crippen molar-refractivity contribution >= 4 is 5.69 Å². The van der Waals surface area contributed by atoms with Gasteiger partial charge in [0.1, 0.15) is 23.4 Å². The van der Waals surface area contributed by atoms with Crippen LogP contribution in [0.3, 0.4) is 0 Å². The zero-order valence-electron chi connectivity index (χ0n) is 10.3. The summed E-state index contributed by atoms with van der Waals surface area (Å²) in [7, 11) is 0. The topological polar surface area (TPSA) is 73.8 Å². The summed E-state index contributed by atoms with van der Waals surface area (Å²) in [5, 5.41) is 10.9. The lowest BCUT2D eigenvalue weighted by molar-refractivity contribution is -0.385. The number of aromatic nitrogens is 3. The predicted molar refractivity (Wildman–Crippen MR) is 62.4 cm³/mol. The van der Waals surface area contributed by atoms with E-state index < -0.39 is 22.5 Å². The molecule has 20 heavy (non-hydrogen) atoms. The summed E-state index contributed by atoms with van der Waals surface area (Å²) >= 11 is 0. The number of hydrogen-bond acceptors (Lipinski definition) is 4. The Morgan fingerprint density at radius 1 is 1.40 bits per heavy atom. The number of hydrogen-bond donors (Lipinski definition) is 0. The van der Waals surface area contributed by atoms with E-state index in [1.54, 1.807) is 6.92 Å². The second-order valence-corrected chi connectivity index (χ2v) is 3.88. The predicted octanol–water partition coefficient (Wildman–Crippen LogP) is 2.76. The summed E-state index contributed by atoms with van der Waals surface area (Å²) in [5.74, 6) is 0.424. The molecule has 2 aromatic heterocycles. The molecular weight excluding hydrogens is 277 g/mol. The van der Waals surface area contributed by atoms with E-state index in [2.05, 4.69) is 9.97 Å². The van der Waals surface area contributed by atoms with E-state index in [1.807, 2.05) is 0 Å². The number of imidazole rings is 1. The average molecular weight is 286 g/mol. The second kappa shape index (κ2) is 4.91. The van der Waals surface area contributed by atoms with Crippen LogP contribution in [0, 0.1) is 10.1 Å². The van der Waals surface area contributed by atoms with Crippen LogP contribution in [-0.2, 0) is 12.6 Å². The van der Waals surface area contributed by atoms with Crippen LogP contribution in [0.4, 0.5) is 18.9 Å². The molecule has 0 aliphatic carbocycles.